The van der Waals surface area contributed by atoms with Crippen LogP contribution in [0.5, 0.6) is 0 Å². The van der Waals surface area contributed by atoms with E-state index in [0.29, 0.717) is 18.8 Å². The molecule has 0 fully saturated rings. The molecule has 0 saturated carbocycles. The van der Waals surface area contributed by atoms with Crippen molar-refractivity contribution in [3.05, 3.63) is 11.1 Å². The summed E-state index contributed by atoms with van der Waals surface area (Å²) in [5, 5.41) is 19.1. The standard InChI is InChI=1S/C12H14N4OS2/c1-10-8-18-12(15-10)19-9-11(17)16(6-2-4-13)7-3-5-14/h8H,2-3,6-7,9H2,1H3. The number of nitriles is 2. The van der Waals surface area contributed by atoms with Gasteiger partial charge in [-0.1, -0.05) is 11.8 Å². The molecule has 0 aliphatic rings. The van der Waals surface area contributed by atoms with Crippen LogP contribution in [0.3, 0.4) is 0 Å². The van der Waals surface area contributed by atoms with Gasteiger partial charge in [0.05, 0.1) is 30.7 Å². The highest BCUT2D eigenvalue weighted by atomic mass is 32.2. The predicted molar refractivity (Wildman–Crippen MR) is 74.6 cm³/mol. The Morgan fingerprint density at radius 2 is 2.05 bits per heavy atom. The van der Waals surface area contributed by atoms with Gasteiger partial charge in [0.15, 0.2) is 4.34 Å². The largest absolute Gasteiger partial charge is 0.340 e. The number of thioether (sulfide) groups is 1. The zero-order valence-corrected chi connectivity index (χ0v) is 12.3. The van der Waals surface area contributed by atoms with E-state index in [1.807, 2.05) is 24.4 Å². The molecule has 1 heterocycles. The summed E-state index contributed by atoms with van der Waals surface area (Å²) in [5.74, 6) is 0.243. The molecule has 1 rings (SSSR count). The van der Waals surface area contributed by atoms with Gasteiger partial charge in [-0.05, 0) is 6.92 Å². The molecule has 1 amide bonds. The van der Waals surface area contributed by atoms with E-state index < -0.39 is 0 Å². The second-order valence-electron chi connectivity index (χ2n) is 3.74. The van der Waals surface area contributed by atoms with Gasteiger partial charge in [0.25, 0.3) is 0 Å². The van der Waals surface area contributed by atoms with Gasteiger partial charge < -0.3 is 4.90 Å². The number of aromatic nitrogens is 1. The van der Waals surface area contributed by atoms with E-state index in [1.54, 1.807) is 4.90 Å². The lowest BCUT2D eigenvalue weighted by Crippen LogP contribution is -2.34. The van der Waals surface area contributed by atoms with Crippen LogP contribution in [0.4, 0.5) is 0 Å². The molecule has 0 spiro atoms. The van der Waals surface area contributed by atoms with Crippen molar-refractivity contribution < 1.29 is 4.79 Å². The van der Waals surface area contributed by atoms with Crippen molar-refractivity contribution in [3.8, 4) is 12.1 Å². The van der Waals surface area contributed by atoms with Crippen LogP contribution in [0, 0.1) is 29.6 Å². The number of aryl methyl sites for hydroxylation is 1. The molecule has 0 aliphatic carbocycles. The molecule has 0 bridgehead atoms. The summed E-state index contributed by atoms with van der Waals surface area (Å²) in [6.45, 7) is 2.68. The lowest BCUT2D eigenvalue weighted by molar-refractivity contribution is -0.128. The Hall–Kier alpha value is -1.57. The Bertz CT molecular complexity index is 483. The van der Waals surface area contributed by atoms with E-state index >= 15 is 0 Å². The third kappa shape index (κ3) is 5.73. The fourth-order valence-corrected chi connectivity index (χ4v) is 3.10. The Kier molecular flexibility index (Phi) is 6.94. The lowest BCUT2D eigenvalue weighted by atomic mass is 10.3. The molecule has 5 nitrogen and oxygen atoms in total. The van der Waals surface area contributed by atoms with Crippen molar-refractivity contribution in [1.29, 1.82) is 10.5 Å². The number of hydrogen-bond acceptors (Lipinski definition) is 6. The number of amides is 1. The summed E-state index contributed by atoms with van der Waals surface area (Å²) in [4.78, 5) is 17.8. The van der Waals surface area contributed by atoms with E-state index in [4.69, 9.17) is 10.5 Å². The third-order valence-corrected chi connectivity index (χ3v) is 4.38. The average Bonchev–Trinajstić information content (AvgIpc) is 2.82. The Morgan fingerprint density at radius 1 is 1.42 bits per heavy atom. The van der Waals surface area contributed by atoms with E-state index in [1.165, 1.54) is 23.1 Å². The molecule has 7 heteroatoms. The van der Waals surface area contributed by atoms with E-state index in [9.17, 15) is 4.79 Å². The van der Waals surface area contributed by atoms with Crippen molar-refractivity contribution >= 4 is 29.0 Å². The van der Waals surface area contributed by atoms with Crippen LogP contribution >= 0.6 is 23.1 Å². The number of hydrogen-bond donors (Lipinski definition) is 0. The molecule has 0 saturated heterocycles. The summed E-state index contributed by atoms with van der Waals surface area (Å²) in [6.07, 6.45) is 0.580. The number of nitrogens with zero attached hydrogens (tertiary/aromatic N) is 4. The van der Waals surface area contributed by atoms with Crippen molar-refractivity contribution in [1.82, 2.24) is 9.88 Å². The smallest absolute Gasteiger partial charge is 0.233 e. The zero-order valence-electron chi connectivity index (χ0n) is 10.6. The molecular weight excluding hydrogens is 280 g/mol. The number of rotatable bonds is 7. The van der Waals surface area contributed by atoms with Crippen LogP contribution in [-0.2, 0) is 4.79 Å². The molecule has 0 N–H and O–H groups in total. The van der Waals surface area contributed by atoms with Crippen LogP contribution < -0.4 is 0 Å². The number of carbonyl (C=O) groups excluding carboxylic acids is 1. The predicted octanol–water partition coefficient (Wildman–Crippen LogP) is 2.20. The Labute approximate surface area is 120 Å². The molecule has 100 valence electrons. The quantitative estimate of drug-likeness (QED) is 0.720. The minimum atomic E-state index is -0.0525. The van der Waals surface area contributed by atoms with Gasteiger partial charge in [0.1, 0.15) is 0 Å². The van der Waals surface area contributed by atoms with Crippen LogP contribution in [0.1, 0.15) is 18.5 Å². The van der Waals surface area contributed by atoms with E-state index in [2.05, 4.69) is 4.98 Å². The first kappa shape index (κ1) is 15.5. The minimum absolute atomic E-state index is 0.0525. The highest BCUT2D eigenvalue weighted by molar-refractivity contribution is 8.01. The maximum atomic E-state index is 12.0. The van der Waals surface area contributed by atoms with E-state index in [0.717, 1.165) is 10.0 Å². The monoisotopic (exact) mass is 294 g/mol. The van der Waals surface area contributed by atoms with E-state index in [-0.39, 0.29) is 18.7 Å². The average molecular weight is 294 g/mol. The molecule has 1 aromatic rings. The first-order valence-electron chi connectivity index (χ1n) is 5.74. The van der Waals surface area contributed by atoms with Crippen LogP contribution in [0.25, 0.3) is 0 Å². The molecule has 0 radical (unpaired) electrons. The Balaban J connectivity index is 2.46. The number of carbonyl (C=O) groups is 1. The van der Waals surface area contributed by atoms with Crippen molar-refractivity contribution in [2.45, 2.75) is 24.1 Å². The molecule has 0 atom stereocenters. The third-order valence-electron chi connectivity index (χ3n) is 2.26. The van der Waals surface area contributed by atoms with Crippen molar-refractivity contribution in [2.24, 2.45) is 0 Å². The van der Waals surface area contributed by atoms with Gasteiger partial charge in [0, 0.05) is 24.2 Å². The second kappa shape index (κ2) is 8.52. The minimum Gasteiger partial charge on any atom is -0.340 e. The second-order valence-corrected chi connectivity index (χ2v) is 5.82. The highest BCUT2D eigenvalue weighted by Crippen LogP contribution is 2.22. The maximum absolute atomic E-state index is 12.0. The van der Waals surface area contributed by atoms with Gasteiger partial charge in [-0.25, -0.2) is 4.98 Å². The summed E-state index contributed by atoms with van der Waals surface area (Å²) < 4.78 is 0.867. The molecule has 1 aromatic heterocycles. The van der Waals surface area contributed by atoms with Crippen LogP contribution in [-0.4, -0.2) is 34.6 Å². The topological polar surface area (TPSA) is 80.8 Å². The number of thiazole rings is 1. The normalized spacial score (nSPS) is 9.63. The van der Waals surface area contributed by atoms with Gasteiger partial charge in [-0.2, -0.15) is 10.5 Å². The SMILES string of the molecule is Cc1csc(SCC(=O)N(CCC#N)CCC#N)n1. The summed E-state index contributed by atoms with van der Waals surface area (Å²) >= 11 is 2.91. The molecular formula is C12H14N4OS2. The molecule has 0 aliphatic heterocycles. The van der Waals surface area contributed by atoms with Gasteiger partial charge >= 0.3 is 0 Å². The lowest BCUT2D eigenvalue weighted by Gasteiger charge is -2.19. The first-order valence-corrected chi connectivity index (χ1v) is 7.60. The highest BCUT2D eigenvalue weighted by Gasteiger charge is 2.14. The fourth-order valence-electron chi connectivity index (χ4n) is 1.34. The van der Waals surface area contributed by atoms with Gasteiger partial charge in [-0.15, -0.1) is 11.3 Å². The van der Waals surface area contributed by atoms with Crippen LogP contribution in [0.2, 0.25) is 0 Å². The maximum Gasteiger partial charge on any atom is 0.233 e. The van der Waals surface area contributed by atoms with Crippen molar-refractivity contribution in [3.63, 3.8) is 0 Å². The fraction of sp³-hybridized carbons (Fsp3) is 0.500. The molecule has 19 heavy (non-hydrogen) atoms. The van der Waals surface area contributed by atoms with Gasteiger partial charge in [-0.3, -0.25) is 4.79 Å². The summed E-state index contributed by atoms with van der Waals surface area (Å²) in [6, 6.07) is 4.03. The van der Waals surface area contributed by atoms with Crippen molar-refractivity contribution in [2.75, 3.05) is 18.8 Å². The zero-order chi connectivity index (χ0) is 14.1. The summed E-state index contributed by atoms with van der Waals surface area (Å²) in [5.41, 5.74) is 0.950. The van der Waals surface area contributed by atoms with Gasteiger partial charge in [0.2, 0.25) is 5.91 Å². The molecule has 0 aromatic carbocycles. The summed E-state index contributed by atoms with van der Waals surface area (Å²) in [7, 11) is 0. The van der Waals surface area contributed by atoms with Crippen LogP contribution in [0.15, 0.2) is 9.72 Å². The molecule has 0 unspecified atom stereocenters. The first-order chi connectivity index (χ1) is 9.17. The Morgan fingerprint density at radius 3 is 2.53 bits per heavy atom.